The van der Waals surface area contributed by atoms with Crippen molar-refractivity contribution in [1.29, 1.82) is 0 Å². The topological polar surface area (TPSA) is 70.6 Å². The van der Waals surface area contributed by atoms with Gasteiger partial charge in [-0.05, 0) is 47.0 Å². The fourth-order valence-electron chi connectivity index (χ4n) is 1.99. The summed E-state index contributed by atoms with van der Waals surface area (Å²) >= 11 is 1.48. The van der Waals surface area contributed by atoms with Crippen LogP contribution < -0.4 is 15.4 Å². The minimum atomic E-state index is -1.14. The third kappa shape index (κ3) is 4.67. The van der Waals surface area contributed by atoms with E-state index >= 15 is 0 Å². The molecule has 23 heavy (non-hydrogen) atoms. The first-order valence-corrected chi connectivity index (χ1v) is 7.96. The van der Waals surface area contributed by atoms with Crippen LogP contribution in [-0.2, 0) is 12.1 Å². The molecular formula is C16H19FN2O3S. The summed E-state index contributed by atoms with van der Waals surface area (Å²) in [5.74, 6) is -0.322. The van der Waals surface area contributed by atoms with Gasteiger partial charge in [-0.3, -0.25) is 0 Å². The van der Waals surface area contributed by atoms with E-state index in [9.17, 15) is 14.3 Å². The maximum absolute atomic E-state index is 13.6. The number of methoxy groups -OCH3 is 1. The summed E-state index contributed by atoms with van der Waals surface area (Å²) in [7, 11) is 1.39. The molecule has 0 spiro atoms. The molecule has 0 bridgehead atoms. The minimum absolute atomic E-state index is 0.0759. The number of urea groups is 1. The first-order chi connectivity index (χ1) is 10.9. The number of hydrogen-bond donors (Lipinski definition) is 3. The van der Waals surface area contributed by atoms with Gasteiger partial charge < -0.3 is 20.5 Å². The predicted octanol–water partition coefficient (Wildman–Crippen LogP) is 2.60. The molecule has 7 heteroatoms. The van der Waals surface area contributed by atoms with E-state index in [0.29, 0.717) is 5.56 Å². The van der Waals surface area contributed by atoms with Crippen LogP contribution in [0.25, 0.3) is 0 Å². The van der Waals surface area contributed by atoms with Crippen molar-refractivity contribution < 1.29 is 19.0 Å². The van der Waals surface area contributed by atoms with Crippen LogP contribution >= 0.6 is 11.3 Å². The van der Waals surface area contributed by atoms with Gasteiger partial charge in [0.1, 0.15) is 5.60 Å². The molecule has 0 radical (unpaired) electrons. The number of halogens is 1. The van der Waals surface area contributed by atoms with E-state index < -0.39 is 17.4 Å². The van der Waals surface area contributed by atoms with E-state index in [4.69, 9.17) is 4.74 Å². The first-order valence-electron chi connectivity index (χ1n) is 7.01. The van der Waals surface area contributed by atoms with Crippen LogP contribution in [0.5, 0.6) is 5.75 Å². The van der Waals surface area contributed by atoms with Crippen molar-refractivity contribution in [3.8, 4) is 5.75 Å². The van der Waals surface area contributed by atoms with Crippen molar-refractivity contribution in [2.75, 3.05) is 13.7 Å². The third-order valence-corrected chi connectivity index (χ3v) is 4.09. The van der Waals surface area contributed by atoms with Gasteiger partial charge in [0.2, 0.25) is 0 Å². The molecule has 1 aromatic heterocycles. The smallest absolute Gasteiger partial charge is 0.315 e. The van der Waals surface area contributed by atoms with Crippen molar-refractivity contribution in [1.82, 2.24) is 10.6 Å². The van der Waals surface area contributed by atoms with Crippen LogP contribution in [0.15, 0.2) is 35.0 Å². The predicted molar refractivity (Wildman–Crippen MR) is 87.1 cm³/mol. The van der Waals surface area contributed by atoms with Gasteiger partial charge in [0.25, 0.3) is 0 Å². The van der Waals surface area contributed by atoms with Crippen molar-refractivity contribution >= 4 is 17.4 Å². The Morgan fingerprint density at radius 1 is 1.39 bits per heavy atom. The molecule has 0 saturated carbocycles. The molecule has 2 amide bonds. The molecule has 3 N–H and O–H groups in total. The van der Waals surface area contributed by atoms with Gasteiger partial charge in [-0.15, -0.1) is 0 Å². The summed E-state index contributed by atoms with van der Waals surface area (Å²) in [4.78, 5) is 11.8. The highest BCUT2D eigenvalue weighted by Gasteiger charge is 2.24. The zero-order chi connectivity index (χ0) is 16.9. The summed E-state index contributed by atoms with van der Waals surface area (Å²) in [5.41, 5.74) is 0.229. The van der Waals surface area contributed by atoms with Crippen LogP contribution in [0.1, 0.15) is 18.1 Å². The molecular weight excluding hydrogens is 319 g/mol. The molecule has 1 unspecified atom stereocenters. The van der Waals surface area contributed by atoms with Crippen LogP contribution in [0.3, 0.4) is 0 Å². The monoisotopic (exact) mass is 338 g/mol. The molecule has 1 aromatic carbocycles. The quantitative estimate of drug-likeness (QED) is 0.758. The van der Waals surface area contributed by atoms with Gasteiger partial charge in [0.15, 0.2) is 11.6 Å². The highest BCUT2D eigenvalue weighted by atomic mass is 32.1. The van der Waals surface area contributed by atoms with Crippen LogP contribution in [-0.4, -0.2) is 24.8 Å². The van der Waals surface area contributed by atoms with Crippen molar-refractivity contribution in [3.63, 3.8) is 0 Å². The second kappa shape index (κ2) is 7.43. The standard InChI is InChI=1S/C16H19FN2O3S/c1-16(21,12-5-6-23-9-12)10-19-15(20)18-8-11-3-4-14(22-2)13(17)7-11/h3-7,9,21H,8,10H2,1-2H3,(H2,18,19,20). The number of rotatable bonds is 6. The van der Waals surface area contributed by atoms with Crippen LogP contribution in [0, 0.1) is 5.82 Å². The molecule has 124 valence electrons. The largest absolute Gasteiger partial charge is 0.494 e. The lowest BCUT2D eigenvalue weighted by Crippen LogP contribution is -2.43. The maximum atomic E-state index is 13.6. The second-order valence-electron chi connectivity index (χ2n) is 5.29. The average molecular weight is 338 g/mol. The number of amides is 2. The lowest BCUT2D eigenvalue weighted by Gasteiger charge is -2.22. The summed E-state index contributed by atoms with van der Waals surface area (Å²) in [5, 5.41) is 19.2. The van der Waals surface area contributed by atoms with Crippen LogP contribution in [0.2, 0.25) is 0 Å². The van der Waals surface area contributed by atoms with E-state index in [2.05, 4.69) is 10.6 Å². The number of carbonyl (C=O) groups is 1. The number of ether oxygens (including phenoxy) is 1. The Labute approximate surface area is 138 Å². The van der Waals surface area contributed by atoms with Crippen molar-refractivity contribution in [2.45, 2.75) is 19.1 Å². The Morgan fingerprint density at radius 2 is 2.17 bits per heavy atom. The molecule has 0 aliphatic rings. The molecule has 0 saturated heterocycles. The molecule has 2 aromatic rings. The fourth-order valence-corrected chi connectivity index (χ4v) is 2.77. The van der Waals surface area contributed by atoms with E-state index in [1.165, 1.54) is 30.6 Å². The SMILES string of the molecule is COc1ccc(CNC(=O)NCC(C)(O)c2ccsc2)cc1F. The molecule has 5 nitrogen and oxygen atoms in total. The molecule has 0 aliphatic carbocycles. The lowest BCUT2D eigenvalue weighted by molar-refractivity contribution is 0.0598. The highest BCUT2D eigenvalue weighted by molar-refractivity contribution is 7.08. The highest BCUT2D eigenvalue weighted by Crippen LogP contribution is 2.22. The van der Waals surface area contributed by atoms with Gasteiger partial charge in [-0.1, -0.05) is 6.07 Å². The lowest BCUT2D eigenvalue weighted by atomic mass is 9.99. The number of hydrogen-bond acceptors (Lipinski definition) is 4. The molecule has 0 aliphatic heterocycles. The normalized spacial score (nSPS) is 13.2. The van der Waals surface area contributed by atoms with E-state index in [1.54, 1.807) is 13.0 Å². The molecule has 1 atom stereocenters. The van der Waals surface area contributed by atoms with Gasteiger partial charge in [0, 0.05) is 6.54 Å². The number of aliphatic hydroxyl groups is 1. The fraction of sp³-hybridized carbons (Fsp3) is 0.312. The molecule has 1 heterocycles. The zero-order valence-corrected chi connectivity index (χ0v) is 13.7. The minimum Gasteiger partial charge on any atom is -0.494 e. The van der Waals surface area contributed by atoms with E-state index in [1.807, 2.05) is 16.8 Å². The number of benzene rings is 1. The summed E-state index contributed by atoms with van der Waals surface area (Å²) in [6, 6.07) is 5.86. The Morgan fingerprint density at radius 3 is 2.78 bits per heavy atom. The van der Waals surface area contributed by atoms with E-state index in [-0.39, 0.29) is 18.8 Å². The third-order valence-electron chi connectivity index (χ3n) is 3.41. The average Bonchev–Trinajstić information content (AvgIpc) is 3.06. The summed E-state index contributed by atoms with van der Waals surface area (Å²) in [6.45, 7) is 1.88. The maximum Gasteiger partial charge on any atom is 0.315 e. The van der Waals surface area contributed by atoms with Crippen LogP contribution in [0.4, 0.5) is 9.18 Å². The molecule has 2 rings (SSSR count). The van der Waals surface area contributed by atoms with Gasteiger partial charge in [0.05, 0.1) is 13.7 Å². The Bertz CT molecular complexity index is 659. The number of carbonyl (C=O) groups excluding carboxylic acids is 1. The number of nitrogens with one attached hydrogen (secondary N) is 2. The molecule has 0 fully saturated rings. The van der Waals surface area contributed by atoms with Gasteiger partial charge in [-0.25, -0.2) is 9.18 Å². The Kier molecular flexibility index (Phi) is 5.57. The zero-order valence-electron chi connectivity index (χ0n) is 12.9. The van der Waals surface area contributed by atoms with Gasteiger partial charge in [-0.2, -0.15) is 11.3 Å². The van der Waals surface area contributed by atoms with E-state index in [0.717, 1.165) is 5.56 Å². The van der Waals surface area contributed by atoms with Crippen molar-refractivity contribution in [2.24, 2.45) is 0 Å². The second-order valence-corrected chi connectivity index (χ2v) is 6.07. The first kappa shape index (κ1) is 17.2. The van der Waals surface area contributed by atoms with Crippen molar-refractivity contribution in [3.05, 3.63) is 52.0 Å². The Hall–Kier alpha value is -2.12. The Balaban J connectivity index is 1.82. The van der Waals surface area contributed by atoms with Gasteiger partial charge >= 0.3 is 6.03 Å². The summed E-state index contributed by atoms with van der Waals surface area (Å²) < 4.78 is 18.4. The summed E-state index contributed by atoms with van der Waals surface area (Å²) in [6.07, 6.45) is 0. The number of thiophene rings is 1.